The zero-order chi connectivity index (χ0) is 31.7. The lowest BCUT2D eigenvalue weighted by Gasteiger charge is -2.40. The van der Waals surface area contributed by atoms with Crippen molar-refractivity contribution in [3.05, 3.63) is 141 Å². The summed E-state index contributed by atoms with van der Waals surface area (Å²) < 4.78 is 5.91. The number of ether oxygens (including phenoxy) is 1. The number of amides is 1. The van der Waals surface area contributed by atoms with E-state index in [2.05, 4.69) is 93.6 Å². The topological polar surface area (TPSA) is 39.3 Å². The van der Waals surface area contributed by atoms with Crippen molar-refractivity contribution in [3.63, 3.8) is 0 Å². The summed E-state index contributed by atoms with van der Waals surface area (Å²) in [5.74, 6) is 0.0703. The van der Waals surface area contributed by atoms with E-state index in [1.165, 1.54) is 22.3 Å². The Morgan fingerprint density at radius 2 is 0.978 bits per heavy atom. The van der Waals surface area contributed by atoms with Gasteiger partial charge in [-0.2, -0.15) is 0 Å². The van der Waals surface area contributed by atoms with Crippen LogP contribution in [0, 0.1) is 0 Å². The molecule has 2 atom stereocenters. The number of nitrogens with zero attached hydrogens (tertiary/aromatic N) is 4. The maximum Gasteiger partial charge on any atom is 0.248 e. The van der Waals surface area contributed by atoms with Crippen LogP contribution in [0.25, 0.3) is 0 Å². The molecule has 8 heteroatoms. The summed E-state index contributed by atoms with van der Waals surface area (Å²) in [6.07, 6.45) is 0. The number of halogens is 2. The van der Waals surface area contributed by atoms with E-state index in [-0.39, 0.29) is 24.6 Å². The normalized spacial score (nSPS) is 17.9. The minimum Gasteiger partial charge on any atom is -0.370 e. The van der Waals surface area contributed by atoms with Crippen molar-refractivity contribution in [2.45, 2.75) is 12.1 Å². The number of hydrogen-bond acceptors (Lipinski definition) is 5. The molecule has 0 unspecified atom stereocenters. The quantitative estimate of drug-likeness (QED) is 0.169. The highest BCUT2D eigenvalue weighted by atomic mass is 35.5. The summed E-state index contributed by atoms with van der Waals surface area (Å²) in [5.41, 5.74) is 5.00. The average Bonchev–Trinajstić information content (AvgIpc) is 3.10. The molecule has 2 fully saturated rings. The van der Waals surface area contributed by atoms with Crippen LogP contribution in [0.5, 0.6) is 0 Å². The van der Waals surface area contributed by atoms with Gasteiger partial charge in [-0.25, -0.2) is 0 Å². The maximum absolute atomic E-state index is 13.1. The van der Waals surface area contributed by atoms with E-state index in [0.29, 0.717) is 19.7 Å². The molecule has 0 radical (unpaired) electrons. The zero-order valence-electron chi connectivity index (χ0n) is 26.2. The molecule has 4 aromatic rings. The first-order valence-corrected chi connectivity index (χ1v) is 17.0. The molecule has 0 saturated carbocycles. The first-order valence-electron chi connectivity index (χ1n) is 16.2. The predicted molar refractivity (Wildman–Crippen MR) is 186 cm³/mol. The van der Waals surface area contributed by atoms with E-state index >= 15 is 0 Å². The van der Waals surface area contributed by atoms with Gasteiger partial charge in [-0.3, -0.25) is 19.5 Å². The van der Waals surface area contributed by atoms with E-state index in [1.807, 2.05) is 35.2 Å². The van der Waals surface area contributed by atoms with Crippen LogP contribution in [0.3, 0.4) is 0 Å². The largest absolute Gasteiger partial charge is 0.370 e. The highest BCUT2D eigenvalue weighted by Gasteiger charge is 2.29. The number of piperazine rings is 2. The van der Waals surface area contributed by atoms with Crippen LogP contribution < -0.4 is 0 Å². The third-order valence-corrected chi connectivity index (χ3v) is 9.69. The smallest absolute Gasteiger partial charge is 0.248 e. The van der Waals surface area contributed by atoms with Crippen molar-refractivity contribution in [2.24, 2.45) is 0 Å². The van der Waals surface area contributed by atoms with E-state index in [4.69, 9.17) is 27.9 Å². The van der Waals surface area contributed by atoms with Gasteiger partial charge in [-0.05, 0) is 46.5 Å². The molecular weight excluding hydrogens is 615 g/mol. The molecule has 6 nitrogen and oxygen atoms in total. The van der Waals surface area contributed by atoms with Gasteiger partial charge >= 0.3 is 0 Å². The zero-order valence-corrected chi connectivity index (χ0v) is 27.7. The number of benzene rings is 4. The second kappa shape index (κ2) is 16.1. The Balaban J connectivity index is 0.946. The monoisotopic (exact) mass is 656 g/mol. The molecule has 2 saturated heterocycles. The van der Waals surface area contributed by atoms with Crippen LogP contribution in [-0.2, 0) is 9.53 Å². The Kier molecular flexibility index (Phi) is 11.4. The number of carbonyl (C=O) groups is 1. The van der Waals surface area contributed by atoms with Crippen molar-refractivity contribution in [3.8, 4) is 0 Å². The standard InChI is InChI=1S/C38H42Cl2N4O2/c39-34-15-11-32(12-16-34)37(30-7-3-1-4-8-30)43-21-19-41(20-22-43)27-28-46-29-36(45)42-23-25-44(26-24-42)38(31-9-5-2-6-10-31)33-13-17-35(40)18-14-33/h1-18,37-38H,19-29H2/t37-,38+/m1/s1. The lowest BCUT2D eigenvalue weighted by molar-refractivity contribution is -0.138. The van der Waals surface area contributed by atoms with Crippen molar-refractivity contribution >= 4 is 29.1 Å². The lowest BCUT2D eigenvalue weighted by Crippen LogP contribution is -2.51. The number of rotatable bonds is 11. The van der Waals surface area contributed by atoms with Gasteiger partial charge in [-0.15, -0.1) is 0 Å². The molecule has 0 aliphatic carbocycles. The highest BCUT2D eigenvalue weighted by Crippen LogP contribution is 2.32. The average molecular weight is 658 g/mol. The molecule has 1 amide bonds. The van der Waals surface area contributed by atoms with E-state index in [9.17, 15) is 4.79 Å². The van der Waals surface area contributed by atoms with E-state index < -0.39 is 0 Å². The summed E-state index contributed by atoms with van der Waals surface area (Å²) in [6, 6.07) is 37.9. The molecule has 0 bridgehead atoms. The van der Waals surface area contributed by atoms with Gasteiger partial charge in [-0.1, -0.05) is 108 Å². The first-order chi connectivity index (χ1) is 22.5. The molecule has 2 heterocycles. The summed E-state index contributed by atoms with van der Waals surface area (Å²) in [6.45, 7) is 8.36. The van der Waals surface area contributed by atoms with Gasteiger partial charge in [0, 0.05) is 68.9 Å². The van der Waals surface area contributed by atoms with E-state index in [1.54, 1.807) is 0 Å². The van der Waals surface area contributed by atoms with Crippen molar-refractivity contribution in [2.75, 3.05) is 72.1 Å². The van der Waals surface area contributed by atoms with E-state index in [0.717, 1.165) is 55.9 Å². The Labute approximate surface area is 283 Å². The van der Waals surface area contributed by atoms with Crippen LogP contribution in [0.4, 0.5) is 0 Å². The van der Waals surface area contributed by atoms with Gasteiger partial charge in [0.2, 0.25) is 5.91 Å². The molecule has 2 aliphatic heterocycles. The van der Waals surface area contributed by atoms with Crippen molar-refractivity contribution < 1.29 is 9.53 Å². The molecule has 2 aliphatic rings. The fourth-order valence-corrected chi connectivity index (χ4v) is 6.96. The third kappa shape index (κ3) is 8.37. The second-order valence-corrected chi connectivity index (χ2v) is 12.9. The molecule has 6 rings (SSSR count). The van der Waals surface area contributed by atoms with Gasteiger partial charge in [0.1, 0.15) is 6.61 Å². The number of carbonyl (C=O) groups excluding carboxylic acids is 1. The molecule has 0 N–H and O–H groups in total. The third-order valence-electron chi connectivity index (χ3n) is 9.18. The molecule has 0 spiro atoms. The fraction of sp³-hybridized carbons (Fsp3) is 0.342. The van der Waals surface area contributed by atoms with Crippen molar-refractivity contribution in [1.82, 2.24) is 19.6 Å². The van der Waals surface area contributed by atoms with Gasteiger partial charge in [0.05, 0.1) is 18.7 Å². The lowest BCUT2D eigenvalue weighted by atomic mass is 9.96. The van der Waals surface area contributed by atoms with Crippen LogP contribution >= 0.6 is 23.2 Å². The number of hydrogen-bond donors (Lipinski definition) is 0. The Morgan fingerprint density at radius 3 is 1.43 bits per heavy atom. The summed E-state index contributed by atoms with van der Waals surface area (Å²) in [7, 11) is 0. The predicted octanol–water partition coefficient (Wildman–Crippen LogP) is 6.65. The van der Waals surface area contributed by atoms with Gasteiger partial charge < -0.3 is 9.64 Å². The van der Waals surface area contributed by atoms with Crippen molar-refractivity contribution in [1.29, 1.82) is 0 Å². The Hall–Kier alpha value is -3.23. The summed E-state index contributed by atoms with van der Waals surface area (Å²) in [4.78, 5) is 22.4. The Morgan fingerprint density at radius 1 is 0.565 bits per heavy atom. The Bertz CT molecular complexity index is 1510. The fourth-order valence-electron chi connectivity index (χ4n) is 6.71. The van der Waals surface area contributed by atoms with Crippen LogP contribution in [0.2, 0.25) is 10.0 Å². The minimum absolute atomic E-state index is 0.0703. The van der Waals surface area contributed by atoms with Gasteiger partial charge in [0.15, 0.2) is 0 Å². The SMILES string of the molecule is O=C(COCCN1CCN([C@H](c2ccccc2)c2ccc(Cl)cc2)CC1)N1CCN([C@@H](c2ccccc2)c2ccc(Cl)cc2)CC1. The summed E-state index contributed by atoms with van der Waals surface area (Å²) in [5, 5.41) is 1.49. The van der Waals surface area contributed by atoms with Crippen LogP contribution in [-0.4, -0.2) is 97.6 Å². The molecule has 4 aromatic carbocycles. The first kappa shape index (κ1) is 32.7. The van der Waals surface area contributed by atoms with Crippen LogP contribution in [0.1, 0.15) is 34.3 Å². The molecule has 46 heavy (non-hydrogen) atoms. The minimum atomic E-state index is 0.0703. The van der Waals surface area contributed by atoms with Gasteiger partial charge in [0.25, 0.3) is 0 Å². The maximum atomic E-state index is 13.1. The molecular formula is C38H42Cl2N4O2. The summed E-state index contributed by atoms with van der Waals surface area (Å²) >= 11 is 12.4. The second-order valence-electron chi connectivity index (χ2n) is 12.1. The molecule has 0 aromatic heterocycles. The van der Waals surface area contributed by atoms with Crippen LogP contribution in [0.15, 0.2) is 109 Å². The molecule has 240 valence electrons. The highest BCUT2D eigenvalue weighted by molar-refractivity contribution is 6.30.